The second kappa shape index (κ2) is 5.15. The Morgan fingerprint density at radius 2 is 1.86 bits per heavy atom. The number of ether oxygens (including phenoxy) is 3. The van der Waals surface area contributed by atoms with E-state index in [1.54, 1.807) is 6.07 Å². The van der Waals surface area contributed by atoms with Crippen molar-refractivity contribution in [3.05, 3.63) is 18.2 Å². The normalized spacial score (nSPS) is 24.0. The van der Waals surface area contributed by atoms with Gasteiger partial charge in [-0.2, -0.15) is 0 Å². The van der Waals surface area contributed by atoms with Crippen LogP contribution in [0.4, 0.5) is 0 Å². The third-order valence-electron chi connectivity index (χ3n) is 3.84. The van der Waals surface area contributed by atoms with Crippen LogP contribution in [0, 0.1) is 0 Å². The lowest BCUT2D eigenvalue weighted by Gasteiger charge is -2.26. The predicted octanol–water partition coefficient (Wildman–Crippen LogP) is 1.30. The zero-order valence-corrected chi connectivity index (χ0v) is 12.9. The molecule has 1 fully saturated rings. The summed E-state index contributed by atoms with van der Waals surface area (Å²) in [7, 11) is -3.61. The lowest BCUT2D eigenvalue weighted by atomic mass is 10.0. The Kier molecular flexibility index (Phi) is 3.59. The van der Waals surface area contributed by atoms with Crippen LogP contribution in [0.1, 0.15) is 20.3 Å². The molecule has 2 aliphatic rings. The molecule has 0 saturated carbocycles. The van der Waals surface area contributed by atoms with Crippen molar-refractivity contribution in [2.24, 2.45) is 0 Å². The lowest BCUT2D eigenvalue weighted by Crippen LogP contribution is -2.46. The van der Waals surface area contributed by atoms with Gasteiger partial charge in [0.1, 0.15) is 13.2 Å². The van der Waals surface area contributed by atoms with Crippen LogP contribution >= 0.6 is 0 Å². The van der Waals surface area contributed by atoms with Crippen molar-refractivity contribution in [1.29, 1.82) is 0 Å². The van der Waals surface area contributed by atoms with Crippen LogP contribution in [0.5, 0.6) is 11.5 Å². The molecule has 0 bridgehead atoms. The first-order chi connectivity index (χ1) is 9.88. The standard InChI is InChI=1S/C14H19NO5S/c1-14(2)13(5-6-20-14)15-21(16,17)10-3-4-11-12(9-10)19-8-7-18-11/h3-4,9,13,15H,5-8H2,1-2H3. The van der Waals surface area contributed by atoms with E-state index in [9.17, 15) is 8.42 Å². The summed E-state index contributed by atoms with van der Waals surface area (Å²) >= 11 is 0. The first-order valence-electron chi connectivity index (χ1n) is 6.94. The average Bonchev–Trinajstić information content (AvgIpc) is 2.77. The fourth-order valence-electron chi connectivity index (χ4n) is 2.54. The molecular formula is C14H19NO5S. The molecule has 116 valence electrons. The van der Waals surface area contributed by atoms with Gasteiger partial charge in [-0.25, -0.2) is 13.1 Å². The largest absolute Gasteiger partial charge is 0.486 e. The van der Waals surface area contributed by atoms with Gasteiger partial charge in [-0.1, -0.05) is 0 Å². The highest BCUT2D eigenvalue weighted by Gasteiger charge is 2.38. The van der Waals surface area contributed by atoms with Gasteiger partial charge in [0.25, 0.3) is 0 Å². The molecule has 1 atom stereocenters. The molecule has 1 saturated heterocycles. The van der Waals surface area contributed by atoms with Crippen molar-refractivity contribution < 1.29 is 22.6 Å². The van der Waals surface area contributed by atoms with Gasteiger partial charge < -0.3 is 14.2 Å². The second-order valence-electron chi connectivity index (χ2n) is 5.72. The highest BCUT2D eigenvalue weighted by molar-refractivity contribution is 7.89. The molecule has 21 heavy (non-hydrogen) atoms. The fraction of sp³-hybridized carbons (Fsp3) is 0.571. The summed E-state index contributed by atoms with van der Waals surface area (Å²) in [6.45, 7) is 5.23. The molecular weight excluding hydrogens is 294 g/mol. The van der Waals surface area contributed by atoms with E-state index in [-0.39, 0.29) is 10.9 Å². The molecule has 2 heterocycles. The zero-order valence-electron chi connectivity index (χ0n) is 12.1. The van der Waals surface area contributed by atoms with Crippen molar-refractivity contribution in [1.82, 2.24) is 4.72 Å². The highest BCUT2D eigenvalue weighted by atomic mass is 32.2. The van der Waals surface area contributed by atoms with Crippen molar-refractivity contribution in [2.45, 2.75) is 36.8 Å². The number of nitrogens with one attached hydrogen (secondary N) is 1. The summed E-state index contributed by atoms with van der Waals surface area (Å²) in [5.74, 6) is 1.04. The predicted molar refractivity (Wildman–Crippen MR) is 76.2 cm³/mol. The maximum Gasteiger partial charge on any atom is 0.241 e. The first-order valence-corrected chi connectivity index (χ1v) is 8.43. The smallest absolute Gasteiger partial charge is 0.241 e. The van der Waals surface area contributed by atoms with Crippen LogP contribution in [0.2, 0.25) is 0 Å². The van der Waals surface area contributed by atoms with Crippen LogP contribution in [-0.2, 0) is 14.8 Å². The van der Waals surface area contributed by atoms with E-state index < -0.39 is 15.6 Å². The summed E-state index contributed by atoms with van der Waals surface area (Å²) in [6, 6.07) is 4.41. The van der Waals surface area contributed by atoms with Crippen LogP contribution in [-0.4, -0.2) is 39.9 Å². The quantitative estimate of drug-likeness (QED) is 0.910. The number of hydrogen-bond donors (Lipinski definition) is 1. The van der Waals surface area contributed by atoms with E-state index in [2.05, 4.69) is 4.72 Å². The van der Waals surface area contributed by atoms with Gasteiger partial charge in [-0.05, 0) is 32.4 Å². The molecule has 0 amide bonds. The van der Waals surface area contributed by atoms with E-state index in [4.69, 9.17) is 14.2 Å². The minimum absolute atomic E-state index is 0.175. The number of rotatable bonds is 3. The summed E-state index contributed by atoms with van der Waals surface area (Å²) < 4.78 is 44.1. The fourth-order valence-corrected chi connectivity index (χ4v) is 3.96. The number of sulfonamides is 1. The molecule has 6 nitrogen and oxygen atoms in total. The van der Waals surface area contributed by atoms with Crippen molar-refractivity contribution in [2.75, 3.05) is 19.8 Å². The zero-order chi connectivity index (χ0) is 15.1. The van der Waals surface area contributed by atoms with Gasteiger partial charge in [-0.15, -0.1) is 0 Å². The molecule has 1 N–H and O–H groups in total. The van der Waals surface area contributed by atoms with Gasteiger partial charge in [0, 0.05) is 12.7 Å². The Hall–Kier alpha value is -1.31. The average molecular weight is 313 g/mol. The van der Waals surface area contributed by atoms with Crippen LogP contribution in [0.15, 0.2) is 23.1 Å². The van der Waals surface area contributed by atoms with Crippen molar-refractivity contribution >= 4 is 10.0 Å². The topological polar surface area (TPSA) is 73.9 Å². The van der Waals surface area contributed by atoms with E-state index in [0.717, 1.165) is 0 Å². The van der Waals surface area contributed by atoms with E-state index in [1.807, 2.05) is 13.8 Å². The molecule has 3 rings (SSSR count). The number of benzene rings is 1. The maximum atomic E-state index is 12.5. The Labute approximate surface area is 124 Å². The minimum Gasteiger partial charge on any atom is -0.486 e. The third kappa shape index (κ3) is 2.86. The van der Waals surface area contributed by atoms with Crippen molar-refractivity contribution in [3.63, 3.8) is 0 Å². The molecule has 1 aromatic carbocycles. The SMILES string of the molecule is CC1(C)OCCC1NS(=O)(=O)c1ccc2c(c1)OCCO2. The van der Waals surface area contributed by atoms with Gasteiger partial charge >= 0.3 is 0 Å². The molecule has 7 heteroatoms. The van der Waals surface area contributed by atoms with Crippen molar-refractivity contribution in [3.8, 4) is 11.5 Å². The second-order valence-corrected chi connectivity index (χ2v) is 7.43. The van der Waals surface area contributed by atoms with Gasteiger partial charge in [0.2, 0.25) is 10.0 Å². The molecule has 1 aromatic rings. The Bertz CT molecular complexity index is 641. The summed E-state index contributed by atoms with van der Waals surface area (Å²) in [5, 5.41) is 0. The van der Waals surface area contributed by atoms with E-state index in [0.29, 0.717) is 37.7 Å². The molecule has 1 unspecified atom stereocenters. The maximum absolute atomic E-state index is 12.5. The number of fused-ring (bicyclic) bond motifs is 1. The van der Waals surface area contributed by atoms with Gasteiger partial charge in [0.15, 0.2) is 11.5 Å². The Morgan fingerprint density at radius 3 is 2.52 bits per heavy atom. The Balaban J connectivity index is 1.85. The molecule has 0 aliphatic carbocycles. The van der Waals surface area contributed by atoms with Crippen LogP contribution in [0.3, 0.4) is 0 Å². The summed E-state index contributed by atoms with van der Waals surface area (Å²) in [4.78, 5) is 0.175. The minimum atomic E-state index is -3.61. The Morgan fingerprint density at radius 1 is 1.14 bits per heavy atom. The molecule has 2 aliphatic heterocycles. The van der Waals surface area contributed by atoms with Gasteiger partial charge in [0.05, 0.1) is 16.5 Å². The lowest BCUT2D eigenvalue weighted by molar-refractivity contribution is 0.0255. The van der Waals surface area contributed by atoms with E-state index in [1.165, 1.54) is 12.1 Å². The molecule has 0 spiro atoms. The molecule has 0 radical (unpaired) electrons. The summed E-state index contributed by atoms with van der Waals surface area (Å²) in [6.07, 6.45) is 0.663. The number of hydrogen-bond acceptors (Lipinski definition) is 5. The first kappa shape index (κ1) is 14.6. The summed E-state index contributed by atoms with van der Waals surface area (Å²) in [5.41, 5.74) is -0.499. The monoisotopic (exact) mass is 313 g/mol. The third-order valence-corrected chi connectivity index (χ3v) is 5.31. The van der Waals surface area contributed by atoms with E-state index >= 15 is 0 Å². The van der Waals surface area contributed by atoms with Crippen LogP contribution in [0.25, 0.3) is 0 Å². The molecule has 0 aromatic heterocycles. The highest BCUT2D eigenvalue weighted by Crippen LogP contribution is 2.33. The van der Waals surface area contributed by atoms with Crippen LogP contribution < -0.4 is 14.2 Å². The van der Waals surface area contributed by atoms with Gasteiger partial charge in [-0.3, -0.25) is 0 Å².